The van der Waals surface area contributed by atoms with Gasteiger partial charge in [-0.25, -0.2) is 0 Å². The van der Waals surface area contributed by atoms with Gasteiger partial charge in [0.2, 0.25) is 0 Å². The molecule has 7 atom stereocenters. The second kappa shape index (κ2) is 8.57. The minimum Gasteiger partial charge on any atom is -0.463 e. The summed E-state index contributed by atoms with van der Waals surface area (Å²) in [6.45, 7) is 4.14. The van der Waals surface area contributed by atoms with Crippen LogP contribution in [0.1, 0.15) is 58.3 Å². The van der Waals surface area contributed by atoms with Gasteiger partial charge in [-0.2, -0.15) is 0 Å². The second-order valence-corrected chi connectivity index (χ2v) is 9.00. The fraction of sp³-hybridized carbons (Fsp3) is 0.952. The van der Waals surface area contributed by atoms with E-state index in [9.17, 15) is 4.79 Å². The zero-order valence-corrected chi connectivity index (χ0v) is 16.1. The summed E-state index contributed by atoms with van der Waals surface area (Å²) in [7, 11) is 0. The molecular formula is C21H34O5. The molecular weight excluding hydrogens is 332 g/mol. The summed E-state index contributed by atoms with van der Waals surface area (Å²) in [5.41, 5.74) is 0. The van der Waals surface area contributed by atoms with Crippen LogP contribution in [0.5, 0.6) is 0 Å². The van der Waals surface area contributed by atoms with Crippen LogP contribution in [0.3, 0.4) is 0 Å². The number of carbonyl (C=O) groups is 1. The third kappa shape index (κ3) is 4.79. The van der Waals surface area contributed by atoms with Crippen molar-refractivity contribution in [2.75, 3.05) is 26.4 Å². The quantitative estimate of drug-likeness (QED) is 0.509. The largest absolute Gasteiger partial charge is 0.463 e. The Bertz CT molecular complexity index is 481. The van der Waals surface area contributed by atoms with E-state index in [1.807, 2.05) is 0 Å². The maximum atomic E-state index is 12.1. The summed E-state index contributed by atoms with van der Waals surface area (Å²) in [6, 6.07) is 0. The average molecular weight is 366 g/mol. The Balaban J connectivity index is 1.06. The molecule has 148 valence electrons. The maximum Gasteiger partial charge on any atom is 0.309 e. The normalized spacial score (nSPS) is 42.3. The van der Waals surface area contributed by atoms with Crippen LogP contribution in [0.15, 0.2) is 0 Å². The highest BCUT2D eigenvalue weighted by Gasteiger charge is 2.46. The molecule has 0 N–H and O–H groups in total. The number of fused-ring (bicyclic) bond motifs is 1. The van der Waals surface area contributed by atoms with E-state index in [-0.39, 0.29) is 24.3 Å². The Hall–Kier alpha value is -0.650. The van der Waals surface area contributed by atoms with Crippen molar-refractivity contribution in [2.24, 2.45) is 29.6 Å². The molecule has 1 aliphatic heterocycles. The minimum atomic E-state index is -0.0451. The number of carbonyl (C=O) groups excluding carboxylic acids is 1. The molecule has 0 bridgehead atoms. The van der Waals surface area contributed by atoms with E-state index < -0.39 is 0 Å². The topological polar surface area (TPSA) is 54.0 Å². The molecule has 4 rings (SSSR count). The standard InChI is InChI=1S/C21H34O5/c1-14-3-2-4-16(9-14)20(22)24-8-7-23-12-19-13-25-21(26-19)17-6-5-15-10-18(15)11-17/h14-19,21H,2-13H2,1H3. The first-order valence-electron chi connectivity index (χ1n) is 10.7. The van der Waals surface area contributed by atoms with Gasteiger partial charge < -0.3 is 18.9 Å². The Labute approximate surface area is 157 Å². The molecule has 0 amide bonds. The van der Waals surface area contributed by atoms with Gasteiger partial charge in [-0.1, -0.05) is 19.8 Å². The monoisotopic (exact) mass is 366 g/mol. The number of hydrogen-bond donors (Lipinski definition) is 0. The fourth-order valence-corrected chi connectivity index (χ4v) is 5.12. The van der Waals surface area contributed by atoms with Gasteiger partial charge in [-0.15, -0.1) is 0 Å². The Morgan fingerprint density at radius 3 is 2.69 bits per heavy atom. The molecule has 0 spiro atoms. The lowest BCUT2D eigenvalue weighted by Gasteiger charge is -2.26. The van der Waals surface area contributed by atoms with Gasteiger partial charge >= 0.3 is 5.97 Å². The molecule has 3 aliphatic carbocycles. The predicted molar refractivity (Wildman–Crippen MR) is 96.5 cm³/mol. The van der Waals surface area contributed by atoms with E-state index in [2.05, 4.69) is 6.92 Å². The van der Waals surface area contributed by atoms with E-state index in [1.54, 1.807) is 0 Å². The van der Waals surface area contributed by atoms with Crippen LogP contribution in [-0.2, 0) is 23.7 Å². The van der Waals surface area contributed by atoms with Gasteiger partial charge in [0, 0.05) is 5.92 Å². The van der Waals surface area contributed by atoms with Crippen LogP contribution in [-0.4, -0.2) is 44.8 Å². The Kier molecular flexibility index (Phi) is 6.17. The van der Waals surface area contributed by atoms with E-state index in [0.29, 0.717) is 38.3 Å². The molecule has 5 heteroatoms. The van der Waals surface area contributed by atoms with Gasteiger partial charge in [0.1, 0.15) is 12.7 Å². The zero-order chi connectivity index (χ0) is 17.9. The number of ether oxygens (including phenoxy) is 4. The number of hydrogen-bond acceptors (Lipinski definition) is 5. The zero-order valence-electron chi connectivity index (χ0n) is 16.1. The van der Waals surface area contributed by atoms with E-state index >= 15 is 0 Å². The molecule has 5 nitrogen and oxygen atoms in total. The minimum absolute atomic E-state index is 0.0202. The molecule has 0 aromatic heterocycles. The second-order valence-electron chi connectivity index (χ2n) is 9.00. The molecule has 3 saturated carbocycles. The predicted octanol–water partition coefficient (Wildman–Crippen LogP) is 3.55. The van der Waals surface area contributed by atoms with Crippen molar-refractivity contribution in [3.8, 4) is 0 Å². The van der Waals surface area contributed by atoms with Crippen molar-refractivity contribution in [3.63, 3.8) is 0 Å². The lowest BCUT2D eigenvalue weighted by Crippen LogP contribution is -2.27. The van der Waals surface area contributed by atoms with Crippen LogP contribution in [0.25, 0.3) is 0 Å². The highest BCUT2D eigenvalue weighted by Crippen LogP contribution is 2.52. The van der Waals surface area contributed by atoms with Crippen molar-refractivity contribution in [1.29, 1.82) is 0 Å². The first-order valence-corrected chi connectivity index (χ1v) is 10.7. The average Bonchev–Trinajstić information content (AvgIpc) is 3.28. The third-order valence-corrected chi connectivity index (χ3v) is 6.79. The highest BCUT2D eigenvalue weighted by atomic mass is 16.7. The van der Waals surface area contributed by atoms with Crippen molar-refractivity contribution >= 4 is 5.97 Å². The van der Waals surface area contributed by atoms with Gasteiger partial charge in [0.25, 0.3) is 0 Å². The van der Waals surface area contributed by atoms with Crippen LogP contribution < -0.4 is 0 Å². The summed E-state index contributed by atoms with van der Waals surface area (Å²) in [5.74, 6) is 3.20. The van der Waals surface area contributed by atoms with Gasteiger partial charge in [-0.05, 0) is 56.3 Å². The van der Waals surface area contributed by atoms with E-state index in [4.69, 9.17) is 18.9 Å². The Morgan fingerprint density at radius 2 is 1.85 bits per heavy atom. The first kappa shape index (κ1) is 18.7. The van der Waals surface area contributed by atoms with Crippen LogP contribution >= 0.6 is 0 Å². The van der Waals surface area contributed by atoms with Crippen molar-refractivity contribution < 1.29 is 23.7 Å². The molecule has 26 heavy (non-hydrogen) atoms. The smallest absolute Gasteiger partial charge is 0.309 e. The lowest BCUT2D eigenvalue weighted by molar-refractivity contribution is -0.152. The summed E-state index contributed by atoms with van der Waals surface area (Å²) in [6.07, 6.45) is 9.60. The molecule has 1 heterocycles. The molecule has 4 fully saturated rings. The van der Waals surface area contributed by atoms with E-state index in [1.165, 1.54) is 32.1 Å². The van der Waals surface area contributed by atoms with Crippen molar-refractivity contribution in [2.45, 2.75) is 70.7 Å². The highest BCUT2D eigenvalue weighted by molar-refractivity contribution is 5.72. The molecule has 0 aromatic rings. The Morgan fingerprint density at radius 1 is 1.00 bits per heavy atom. The molecule has 1 saturated heterocycles. The van der Waals surface area contributed by atoms with Crippen LogP contribution in [0.2, 0.25) is 0 Å². The van der Waals surface area contributed by atoms with E-state index in [0.717, 1.165) is 31.1 Å². The SMILES string of the molecule is CC1CCCC(C(=O)OCCOCC2COC(C3CCC4CC4C3)O2)C1. The number of rotatable bonds is 7. The molecule has 4 aliphatic rings. The summed E-state index contributed by atoms with van der Waals surface area (Å²) in [5, 5.41) is 0. The third-order valence-electron chi connectivity index (χ3n) is 6.79. The first-order chi connectivity index (χ1) is 12.7. The van der Waals surface area contributed by atoms with Crippen molar-refractivity contribution in [3.05, 3.63) is 0 Å². The number of esters is 1. The molecule has 7 unspecified atom stereocenters. The fourth-order valence-electron chi connectivity index (χ4n) is 5.12. The summed E-state index contributed by atoms with van der Waals surface area (Å²) < 4.78 is 23.0. The van der Waals surface area contributed by atoms with Crippen LogP contribution in [0, 0.1) is 29.6 Å². The van der Waals surface area contributed by atoms with Gasteiger partial charge in [0.15, 0.2) is 6.29 Å². The maximum absolute atomic E-state index is 12.1. The van der Waals surface area contributed by atoms with Crippen LogP contribution in [0.4, 0.5) is 0 Å². The van der Waals surface area contributed by atoms with Gasteiger partial charge in [-0.3, -0.25) is 4.79 Å². The molecule has 0 radical (unpaired) electrons. The van der Waals surface area contributed by atoms with Crippen molar-refractivity contribution in [1.82, 2.24) is 0 Å². The summed E-state index contributed by atoms with van der Waals surface area (Å²) in [4.78, 5) is 12.1. The molecule has 0 aromatic carbocycles. The lowest BCUT2D eigenvalue weighted by atomic mass is 9.82. The van der Waals surface area contributed by atoms with Gasteiger partial charge in [0.05, 0.1) is 25.7 Å². The summed E-state index contributed by atoms with van der Waals surface area (Å²) >= 11 is 0.